The molecular formula is C16H13ClN2O3S. The zero-order valence-electron chi connectivity index (χ0n) is 12.2. The lowest BCUT2D eigenvalue weighted by Gasteiger charge is -2.11. The maximum absolute atomic E-state index is 12.8. The second-order valence-electron chi connectivity index (χ2n) is 5.04. The number of carbonyl (C=O) groups is 1. The van der Waals surface area contributed by atoms with Gasteiger partial charge < -0.3 is 5.11 Å². The molecule has 0 amide bonds. The van der Waals surface area contributed by atoms with Gasteiger partial charge in [0.2, 0.25) is 0 Å². The minimum Gasteiger partial charge on any atom is -0.478 e. The Bertz CT molecular complexity index is 962. The van der Waals surface area contributed by atoms with E-state index in [9.17, 15) is 14.7 Å². The number of nitrogens with zero attached hydrogens (tertiary/aromatic N) is 2. The van der Waals surface area contributed by atoms with Gasteiger partial charge in [0, 0.05) is 16.8 Å². The van der Waals surface area contributed by atoms with E-state index < -0.39 is 5.97 Å². The van der Waals surface area contributed by atoms with Gasteiger partial charge in [0.1, 0.15) is 10.7 Å². The van der Waals surface area contributed by atoms with Crippen LogP contribution in [0.25, 0.3) is 10.2 Å². The first-order valence-electron chi connectivity index (χ1n) is 7.00. The fourth-order valence-electron chi connectivity index (χ4n) is 2.47. The molecule has 3 rings (SSSR count). The lowest BCUT2D eigenvalue weighted by atomic mass is 10.2. The van der Waals surface area contributed by atoms with Crippen LogP contribution in [0.4, 0.5) is 0 Å². The summed E-state index contributed by atoms with van der Waals surface area (Å²) in [5.41, 5.74) is 0.540. The molecule has 0 aliphatic carbocycles. The Morgan fingerprint density at radius 3 is 2.87 bits per heavy atom. The predicted octanol–water partition coefficient (Wildman–Crippen LogP) is 3.42. The van der Waals surface area contributed by atoms with Crippen molar-refractivity contribution in [1.82, 2.24) is 9.55 Å². The number of benzene rings is 1. The van der Waals surface area contributed by atoms with Gasteiger partial charge in [-0.3, -0.25) is 9.36 Å². The zero-order valence-corrected chi connectivity index (χ0v) is 13.8. The van der Waals surface area contributed by atoms with Crippen LogP contribution in [0.2, 0.25) is 5.02 Å². The largest absolute Gasteiger partial charge is 0.478 e. The molecule has 23 heavy (non-hydrogen) atoms. The van der Waals surface area contributed by atoms with Gasteiger partial charge >= 0.3 is 5.97 Å². The number of fused-ring (bicyclic) bond motifs is 1. The molecule has 0 saturated heterocycles. The Morgan fingerprint density at radius 2 is 2.22 bits per heavy atom. The van der Waals surface area contributed by atoms with E-state index in [1.54, 1.807) is 12.1 Å². The van der Waals surface area contributed by atoms with Crippen LogP contribution >= 0.6 is 22.9 Å². The number of halogens is 1. The van der Waals surface area contributed by atoms with Crippen LogP contribution in [0.15, 0.2) is 34.4 Å². The molecule has 0 fully saturated rings. The molecule has 7 heteroatoms. The number of thiophene rings is 1. The van der Waals surface area contributed by atoms with E-state index in [-0.39, 0.29) is 16.5 Å². The third-order valence-electron chi connectivity index (χ3n) is 3.55. The highest BCUT2D eigenvalue weighted by atomic mass is 35.5. The second kappa shape index (κ2) is 6.14. The number of hydrogen-bond acceptors (Lipinski definition) is 4. The van der Waals surface area contributed by atoms with Gasteiger partial charge in [-0.2, -0.15) is 0 Å². The smallest absolute Gasteiger partial charge is 0.337 e. The molecule has 0 radical (unpaired) electrons. The third kappa shape index (κ3) is 2.87. The average Bonchev–Trinajstić information content (AvgIpc) is 2.94. The molecule has 3 aromatic rings. The molecule has 0 bridgehead atoms. The van der Waals surface area contributed by atoms with Gasteiger partial charge in [-0.05, 0) is 17.7 Å². The molecule has 0 saturated carbocycles. The number of aryl methyl sites for hydroxylation is 1. The van der Waals surface area contributed by atoms with Crippen LogP contribution in [-0.4, -0.2) is 20.6 Å². The summed E-state index contributed by atoms with van der Waals surface area (Å²) in [7, 11) is 0. The van der Waals surface area contributed by atoms with E-state index >= 15 is 0 Å². The average molecular weight is 349 g/mol. The molecule has 0 aliphatic heterocycles. The quantitative estimate of drug-likeness (QED) is 0.784. The Balaban J connectivity index is 2.22. The molecule has 0 spiro atoms. The van der Waals surface area contributed by atoms with Crippen molar-refractivity contribution in [2.24, 2.45) is 0 Å². The number of hydrogen-bond donors (Lipinski definition) is 1. The summed E-state index contributed by atoms with van der Waals surface area (Å²) in [5.74, 6) is -0.491. The number of aromatic carboxylic acids is 1. The molecule has 1 N–H and O–H groups in total. The summed E-state index contributed by atoms with van der Waals surface area (Å²) in [5, 5.41) is 11.5. The number of aromatic nitrogens is 2. The molecule has 0 aliphatic rings. The van der Waals surface area contributed by atoms with Crippen LogP contribution in [0.3, 0.4) is 0 Å². The Morgan fingerprint density at radius 1 is 1.43 bits per heavy atom. The van der Waals surface area contributed by atoms with Gasteiger partial charge in [-0.15, -0.1) is 11.3 Å². The monoisotopic (exact) mass is 348 g/mol. The third-order valence-corrected chi connectivity index (χ3v) is 4.66. The van der Waals surface area contributed by atoms with Crippen molar-refractivity contribution >= 4 is 39.1 Å². The van der Waals surface area contributed by atoms with Gasteiger partial charge in [0.15, 0.2) is 0 Å². The molecule has 2 aromatic heterocycles. The van der Waals surface area contributed by atoms with E-state index in [0.29, 0.717) is 28.6 Å². The van der Waals surface area contributed by atoms with E-state index in [2.05, 4.69) is 4.98 Å². The highest BCUT2D eigenvalue weighted by Gasteiger charge is 2.19. The normalized spacial score (nSPS) is 11.0. The van der Waals surface area contributed by atoms with Crippen molar-refractivity contribution in [3.63, 3.8) is 0 Å². The van der Waals surface area contributed by atoms with Crippen molar-refractivity contribution in [3.8, 4) is 0 Å². The lowest BCUT2D eigenvalue weighted by molar-refractivity contribution is 0.0699. The first kappa shape index (κ1) is 15.7. The van der Waals surface area contributed by atoms with Crippen molar-refractivity contribution < 1.29 is 9.90 Å². The SMILES string of the molecule is CCc1nc2scc(C(=O)O)c2c(=O)n1Cc1cccc(Cl)c1. The molecule has 1 aromatic carbocycles. The standard InChI is InChI=1S/C16H13ClN2O3S/c1-2-12-18-14-13(11(8-23-14)16(21)22)15(20)19(12)7-9-4-3-5-10(17)6-9/h3-6,8H,2,7H2,1H3,(H,21,22). The molecule has 0 atom stereocenters. The zero-order chi connectivity index (χ0) is 16.6. The number of carboxylic acids is 1. The summed E-state index contributed by atoms with van der Waals surface area (Å²) in [6, 6.07) is 7.22. The summed E-state index contributed by atoms with van der Waals surface area (Å²) in [6.07, 6.45) is 0.575. The Labute approximate surface area is 140 Å². The highest BCUT2D eigenvalue weighted by Crippen LogP contribution is 2.22. The van der Waals surface area contributed by atoms with Gasteiger partial charge in [0.25, 0.3) is 5.56 Å². The first-order chi connectivity index (χ1) is 11.0. The minimum absolute atomic E-state index is 0.00463. The summed E-state index contributed by atoms with van der Waals surface area (Å²) >= 11 is 7.17. The van der Waals surface area contributed by atoms with E-state index in [1.807, 2.05) is 19.1 Å². The predicted molar refractivity (Wildman–Crippen MR) is 90.8 cm³/mol. The van der Waals surface area contributed by atoms with Crippen LogP contribution in [0, 0.1) is 0 Å². The number of rotatable bonds is 4. The van der Waals surface area contributed by atoms with E-state index in [4.69, 9.17) is 11.6 Å². The maximum atomic E-state index is 12.8. The van der Waals surface area contributed by atoms with Crippen molar-refractivity contribution in [2.45, 2.75) is 19.9 Å². The van der Waals surface area contributed by atoms with Crippen LogP contribution in [0.5, 0.6) is 0 Å². The second-order valence-corrected chi connectivity index (χ2v) is 6.33. The fourth-order valence-corrected chi connectivity index (χ4v) is 3.61. The Kier molecular flexibility index (Phi) is 4.19. The molecule has 5 nitrogen and oxygen atoms in total. The summed E-state index contributed by atoms with van der Waals surface area (Å²) < 4.78 is 1.52. The summed E-state index contributed by atoms with van der Waals surface area (Å²) in [4.78, 5) is 29.1. The van der Waals surface area contributed by atoms with Crippen LogP contribution < -0.4 is 5.56 Å². The molecular weight excluding hydrogens is 336 g/mol. The number of carboxylic acid groups (broad SMARTS) is 1. The fraction of sp³-hybridized carbons (Fsp3) is 0.188. The minimum atomic E-state index is -1.12. The molecule has 0 unspecified atom stereocenters. The highest BCUT2D eigenvalue weighted by molar-refractivity contribution is 7.17. The van der Waals surface area contributed by atoms with Gasteiger partial charge in [0.05, 0.1) is 17.5 Å². The first-order valence-corrected chi connectivity index (χ1v) is 8.25. The maximum Gasteiger partial charge on any atom is 0.337 e. The van der Waals surface area contributed by atoms with Gasteiger partial charge in [-0.1, -0.05) is 30.7 Å². The van der Waals surface area contributed by atoms with E-state index in [1.165, 1.54) is 21.3 Å². The van der Waals surface area contributed by atoms with Gasteiger partial charge in [-0.25, -0.2) is 9.78 Å². The van der Waals surface area contributed by atoms with Crippen molar-refractivity contribution in [2.75, 3.05) is 0 Å². The Hall–Kier alpha value is -2.18. The summed E-state index contributed by atoms with van der Waals surface area (Å²) in [6.45, 7) is 2.22. The van der Waals surface area contributed by atoms with Crippen molar-refractivity contribution in [3.05, 3.63) is 62.0 Å². The van der Waals surface area contributed by atoms with Crippen LogP contribution in [-0.2, 0) is 13.0 Å². The van der Waals surface area contributed by atoms with Crippen LogP contribution in [0.1, 0.15) is 28.7 Å². The molecule has 118 valence electrons. The van der Waals surface area contributed by atoms with Crippen molar-refractivity contribution in [1.29, 1.82) is 0 Å². The topological polar surface area (TPSA) is 72.2 Å². The lowest BCUT2D eigenvalue weighted by Crippen LogP contribution is -2.26. The molecule has 2 heterocycles. The van der Waals surface area contributed by atoms with E-state index in [0.717, 1.165) is 5.56 Å².